The van der Waals surface area contributed by atoms with Gasteiger partial charge in [-0.05, 0) is 31.0 Å². The molecular weight excluding hydrogens is 208 g/mol. The fourth-order valence-corrected chi connectivity index (χ4v) is 1.33. The maximum atomic E-state index is 11.5. The molecule has 0 radical (unpaired) electrons. The molecule has 4 heteroatoms. The van der Waals surface area contributed by atoms with Gasteiger partial charge in [-0.3, -0.25) is 4.79 Å². The number of hydrogen-bond acceptors (Lipinski definition) is 2. The average Bonchev–Trinajstić information content (AvgIpc) is 1.99. The first-order valence-electron chi connectivity index (χ1n) is 5.35. The molecule has 15 heavy (non-hydrogen) atoms. The van der Waals surface area contributed by atoms with Crippen LogP contribution in [0.5, 0.6) is 0 Å². The lowest BCUT2D eigenvalue weighted by molar-refractivity contribution is -0.121. The molecule has 88 valence electrons. The lowest BCUT2D eigenvalue weighted by atomic mass is 9.92. The van der Waals surface area contributed by atoms with Crippen molar-refractivity contribution in [3.8, 4) is 0 Å². The van der Waals surface area contributed by atoms with E-state index in [1.165, 1.54) is 0 Å². The van der Waals surface area contributed by atoms with Gasteiger partial charge in [0.1, 0.15) is 0 Å². The van der Waals surface area contributed by atoms with Gasteiger partial charge in [-0.25, -0.2) is 0 Å². The van der Waals surface area contributed by atoms with Crippen LogP contribution in [0, 0.1) is 5.41 Å². The highest BCUT2D eigenvalue weighted by molar-refractivity contribution is 7.80. The number of amides is 1. The summed E-state index contributed by atoms with van der Waals surface area (Å²) in [4.78, 5) is 11.5. The van der Waals surface area contributed by atoms with E-state index in [9.17, 15) is 4.79 Å². The number of hydrogen-bond donors (Lipinski definition) is 2. The van der Waals surface area contributed by atoms with E-state index in [2.05, 4.69) is 17.6 Å². The van der Waals surface area contributed by atoms with Crippen LogP contribution in [0.2, 0.25) is 0 Å². The average molecular weight is 230 g/mol. The Morgan fingerprint density at radius 1 is 1.40 bits per heavy atom. The van der Waals surface area contributed by atoms with E-state index in [4.69, 9.17) is 12.2 Å². The van der Waals surface area contributed by atoms with Crippen LogP contribution in [0.3, 0.4) is 0 Å². The molecule has 1 unspecified atom stereocenters. The van der Waals surface area contributed by atoms with Gasteiger partial charge in [-0.2, -0.15) is 0 Å². The summed E-state index contributed by atoms with van der Waals surface area (Å²) < 4.78 is 0. The second-order valence-corrected chi connectivity index (χ2v) is 5.48. The Morgan fingerprint density at radius 2 is 1.93 bits per heavy atom. The highest BCUT2D eigenvalue weighted by Crippen LogP contribution is 2.17. The van der Waals surface area contributed by atoms with Crippen molar-refractivity contribution >= 4 is 23.2 Å². The number of rotatable bonds is 3. The molecule has 0 aromatic carbocycles. The molecule has 0 fully saturated rings. The summed E-state index contributed by atoms with van der Waals surface area (Å²) in [5.41, 5.74) is -0.00390. The highest BCUT2D eigenvalue weighted by atomic mass is 32.1. The molecule has 0 aromatic heterocycles. The number of nitrogens with one attached hydrogen (secondary N) is 2. The quantitative estimate of drug-likeness (QED) is 0.730. The standard InChI is InChI=1S/C11H22N2OS/c1-6-8(2)12-10(15)13-9(14)7-11(3,4)5/h8H,6-7H2,1-5H3,(H2,12,13,14,15). The zero-order valence-corrected chi connectivity index (χ0v) is 11.1. The third kappa shape index (κ3) is 8.36. The summed E-state index contributed by atoms with van der Waals surface area (Å²) >= 11 is 5.02. The summed E-state index contributed by atoms with van der Waals surface area (Å²) in [5, 5.41) is 6.16. The lowest BCUT2D eigenvalue weighted by Gasteiger charge is -2.19. The van der Waals surface area contributed by atoms with Crippen molar-refractivity contribution in [3.63, 3.8) is 0 Å². The van der Waals surface area contributed by atoms with Crippen molar-refractivity contribution in [2.45, 2.75) is 53.5 Å². The van der Waals surface area contributed by atoms with E-state index in [0.29, 0.717) is 17.6 Å². The minimum Gasteiger partial charge on any atom is -0.360 e. The van der Waals surface area contributed by atoms with Crippen molar-refractivity contribution in [1.82, 2.24) is 10.6 Å². The Labute approximate surface area is 98.0 Å². The maximum Gasteiger partial charge on any atom is 0.226 e. The SMILES string of the molecule is CCC(C)NC(=S)NC(=O)CC(C)(C)C. The third-order valence-corrected chi connectivity index (χ3v) is 2.15. The zero-order chi connectivity index (χ0) is 12.1. The van der Waals surface area contributed by atoms with Crippen LogP contribution < -0.4 is 10.6 Å². The van der Waals surface area contributed by atoms with Gasteiger partial charge in [0.25, 0.3) is 0 Å². The zero-order valence-electron chi connectivity index (χ0n) is 10.3. The molecule has 0 bridgehead atoms. The third-order valence-electron chi connectivity index (χ3n) is 1.93. The summed E-state index contributed by atoms with van der Waals surface area (Å²) in [7, 11) is 0. The Morgan fingerprint density at radius 3 is 2.33 bits per heavy atom. The molecule has 3 nitrogen and oxygen atoms in total. The van der Waals surface area contributed by atoms with Gasteiger partial charge in [-0.1, -0.05) is 27.7 Å². The first-order valence-corrected chi connectivity index (χ1v) is 5.75. The van der Waals surface area contributed by atoms with Crippen LogP contribution in [0.15, 0.2) is 0 Å². The van der Waals surface area contributed by atoms with Crippen LogP contribution >= 0.6 is 12.2 Å². The molecule has 0 spiro atoms. The normalized spacial score (nSPS) is 13.1. The number of thiocarbonyl (C=S) groups is 1. The van der Waals surface area contributed by atoms with E-state index in [1.807, 2.05) is 27.7 Å². The molecule has 0 heterocycles. The molecule has 0 aliphatic rings. The topological polar surface area (TPSA) is 41.1 Å². The van der Waals surface area contributed by atoms with Gasteiger partial charge < -0.3 is 10.6 Å². The summed E-state index contributed by atoms with van der Waals surface area (Å²) in [6, 6.07) is 0.299. The summed E-state index contributed by atoms with van der Waals surface area (Å²) in [5.74, 6) is -0.0247. The molecule has 1 atom stereocenters. The molecule has 0 aliphatic carbocycles. The van der Waals surface area contributed by atoms with Gasteiger partial charge in [0.15, 0.2) is 5.11 Å². The lowest BCUT2D eigenvalue weighted by Crippen LogP contribution is -2.43. The molecule has 1 amide bonds. The fourth-order valence-electron chi connectivity index (χ4n) is 1.01. The van der Waals surface area contributed by atoms with Crippen molar-refractivity contribution in [3.05, 3.63) is 0 Å². The van der Waals surface area contributed by atoms with Gasteiger partial charge in [0, 0.05) is 12.5 Å². The molecule has 0 aliphatic heterocycles. The molecule has 0 saturated heterocycles. The summed E-state index contributed by atoms with van der Waals surface area (Å²) in [6.07, 6.45) is 1.46. The smallest absolute Gasteiger partial charge is 0.226 e. The Kier molecular flexibility index (Phi) is 5.80. The summed E-state index contributed by atoms with van der Waals surface area (Å²) in [6.45, 7) is 10.2. The van der Waals surface area contributed by atoms with E-state index in [1.54, 1.807) is 0 Å². The van der Waals surface area contributed by atoms with Crippen molar-refractivity contribution in [2.24, 2.45) is 5.41 Å². The number of carbonyl (C=O) groups is 1. The monoisotopic (exact) mass is 230 g/mol. The largest absolute Gasteiger partial charge is 0.360 e. The Balaban J connectivity index is 3.92. The van der Waals surface area contributed by atoms with Crippen LogP contribution in [0.25, 0.3) is 0 Å². The molecule has 2 N–H and O–H groups in total. The van der Waals surface area contributed by atoms with E-state index < -0.39 is 0 Å². The van der Waals surface area contributed by atoms with Crippen molar-refractivity contribution < 1.29 is 4.79 Å². The second-order valence-electron chi connectivity index (χ2n) is 5.07. The van der Waals surface area contributed by atoms with Crippen LogP contribution in [-0.4, -0.2) is 17.1 Å². The minimum atomic E-state index is -0.0247. The predicted octanol–water partition coefficient (Wildman–Crippen LogP) is 2.21. The maximum absolute atomic E-state index is 11.5. The van der Waals surface area contributed by atoms with Gasteiger partial charge in [0.05, 0.1) is 0 Å². The first kappa shape index (κ1) is 14.4. The Bertz CT molecular complexity index is 233. The van der Waals surface area contributed by atoms with E-state index in [-0.39, 0.29) is 11.3 Å². The van der Waals surface area contributed by atoms with Crippen LogP contribution in [0.1, 0.15) is 47.5 Å². The van der Waals surface area contributed by atoms with Crippen molar-refractivity contribution in [1.29, 1.82) is 0 Å². The van der Waals surface area contributed by atoms with Gasteiger partial charge >= 0.3 is 0 Å². The van der Waals surface area contributed by atoms with Crippen molar-refractivity contribution in [2.75, 3.05) is 0 Å². The first-order chi connectivity index (χ1) is 6.74. The molecule has 0 aromatic rings. The number of carbonyl (C=O) groups excluding carboxylic acids is 1. The van der Waals surface area contributed by atoms with E-state index >= 15 is 0 Å². The Hall–Kier alpha value is -0.640. The molecule has 0 rings (SSSR count). The molecule has 0 saturated carbocycles. The fraction of sp³-hybridized carbons (Fsp3) is 0.818. The van der Waals surface area contributed by atoms with Crippen LogP contribution in [-0.2, 0) is 4.79 Å². The van der Waals surface area contributed by atoms with Crippen LogP contribution in [0.4, 0.5) is 0 Å². The van der Waals surface area contributed by atoms with E-state index in [0.717, 1.165) is 6.42 Å². The predicted molar refractivity (Wildman–Crippen MR) is 67.7 cm³/mol. The van der Waals surface area contributed by atoms with Gasteiger partial charge in [0.2, 0.25) is 5.91 Å². The minimum absolute atomic E-state index is 0.00390. The molecular formula is C11H22N2OS. The van der Waals surface area contributed by atoms with Gasteiger partial charge in [-0.15, -0.1) is 0 Å². The second kappa shape index (κ2) is 6.05. The highest BCUT2D eigenvalue weighted by Gasteiger charge is 2.16.